The molecule has 0 bridgehead atoms. The Balaban J connectivity index is 1.85. The summed E-state index contributed by atoms with van der Waals surface area (Å²) in [7, 11) is -4.07. The molecule has 0 aliphatic heterocycles. The highest BCUT2D eigenvalue weighted by Crippen LogP contribution is 2.37. The molecule has 3 rings (SSSR count). The van der Waals surface area contributed by atoms with Gasteiger partial charge in [0.2, 0.25) is 0 Å². The Labute approximate surface area is 191 Å². The Morgan fingerprint density at radius 3 is 2.27 bits per heavy atom. The highest BCUT2D eigenvalue weighted by molar-refractivity contribution is 7.89. The van der Waals surface area contributed by atoms with Crippen molar-refractivity contribution in [2.75, 3.05) is 5.43 Å². The van der Waals surface area contributed by atoms with Gasteiger partial charge in [0.25, 0.3) is 15.7 Å². The van der Waals surface area contributed by atoms with Gasteiger partial charge in [0.1, 0.15) is 17.2 Å². The van der Waals surface area contributed by atoms with E-state index in [0.29, 0.717) is 6.07 Å². The second-order valence-corrected chi connectivity index (χ2v) is 8.81. The van der Waals surface area contributed by atoms with Crippen LogP contribution in [0, 0.1) is 17.0 Å². The Morgan fingerprint density at radius 1 is 1.03 bits per heavy atom. The molecule has 0 fully saturated rings. The van der Waals surface area contributed by atoms with E-state index in [9.17, 15) is 31.7 Å². The third kappa shape index (κ3) is 5.92. The Kier molecular flexibility index (Phi) is 6.81. The predicted octanol–water partition coefficient (Wildman–Crippen LogP) is 5.67. The Hall–Kier alpha value is -3.35. The van der Waals surface area contributed by atoms with Crippen molar-refractivity contribution < 1.29 is 31.2 Å². The van der Waals surface area contributed by atoms with E-state index in [1.54, 1.807) is 19.1 Å². The molecule has 33 heavy (non-hydrogen) atoms. The third-order valence-corrected chi connectivity index (χ3v) is 5.86. The summed E-state index contributed by atoms with van der Waals surface area (Å²) in [6, 6.07) is 11.7. The molecule has 0 atom stereocenters. The smallest absolute Gasteiger partial charge is 0.416 e. The molecule has 0 aliphatic rings. The zero-order valence-electron chi connectivity index (χ0n) is 16.7. The summed E-state index contributed by atoms with van der Waals surface area (Å²) in [5, 5.41) is 11.0. The molecule has 0 spiro atoms. The molecule has 3 aromatic rings. The Morgan fingerprint density at radius 2 is 1.70 bits per heavy atom. The standard InChI is InChI=1S/C20H15ClF3N3O5S/c1-12-2-6-15(7-3-12)33(30,31)26-25-17-11-14(5-8-18(17)27(28)29)32-19-9-4-13(10-16(19)21)20(22,23)24/h2-11,25-26H,1H3. The number of nitrogens with zero attached hydrogens (tertiary/aromatic N) is 1. The summed E-state index contributed by atoms with van der Waals surface area (Å²) in [6.07, 6.45) is -4.60. The monoisotopic (exact) mass is 501 g/mol. The summed E-state index contributed by atoms with van der Waals surface area (Å²) in [5.74, 6) is -0.177. The maximum absolute atomic E-state index is 12.8. The van der Waals surface area contributed by atoms with Crippen molar-refractivity contribution >= 4 is 33.0 Å². The van der Waals surface area contributed by atoms with Crippen molar-refractivity contribution in [2.24, 2.45) is 0 Å². The molecule has 0 aromatic heterocycles. The van der Waals surface area contributed by atoms with Gasteiger partial charge in [0.05, 0.1) is 20.4 Å². The molecular weight excluding hydrogens is 487 g/mol. The predicted molar refractivity (Wildman–Crippen MR) is 115 cm³/mol. The topological polar surface area (TPSA) is 111 Å². The lowest BCUT2D eigenvalue weighted by Gasteiger charge is -2.13. The molecule has 0 heterocycles. The van der Waals surface area contributed by atoms with Gasteiger partial charge in [-0.1, -0.05) is 29.3 Å². The van der Waals surface area contributed by atoms with Gasteiger partial charge in [0, 0.05) is 12.1 Å². The first kappa shape index (κ1) is 24.3. The number of benzene rings is 3. The molecule has 13 heteroatoms. The van der Waals surface area contributed by atoms with Gasteiger partial charge in [-0.3, -0.25) is 10.1 Å². The maximum atomic E-state index is 12.8. The van der Waals surface area contributed by atoms with E-state index >= 15 is 0 Å². The summed E-state index contributed by atoms with van der Waals surface area (Å²) in [4.78, 5) is 12.5. The third-order valence-electron chi connectivity index (χ3n) is 4.30. The van der Waals surface area contributed by atoms with Crippen molar-refractivity contribution in [1.29, 1.82) is 0 Å². The summed E-state index contributed by atoms with van der Waals surface area (Å²) in [6.45, 7) is 1.78. The summed E-state index contributed by atoms with van der Waals surface area (Å²) >= 11 is 5.87. The minimum absolute atomic E-state index is 0.0423. The van der Waals surface area contributed by atoms with Crippen LogP contribution in [0.15, 0.2) is 65.6 Å². The largest absolute Gasteiger partial charge is 0.456 e. The second-order valence-electron chi connectivity index (χ2n) is 6.72. The van der Waals surface area contributed by atoms with Crippen molar-refractivity contribution in [3.8, 4) is 11.5 Å². The summed E-state index contributed by atoms with van der Waals surface area (Å²) < 4.78 is 68.7. The lowest BCUT2D eigenvalue weighted by molar-refractivity contribution is -0.384. The zero-order valence-corrected chi connectivity index (χ0v) is 18.3. The van der Waals surface area contributed by atoms with Crippen LogP contribution in [-0.4, -0.2) is 13.3 Å². The number of sulfonamides is 1. The first-order valence-electron chi connectivity index (χ1n) is 9.04. The fraction of sp³-hybridized carbons (Fsp3) is 0.100. The van der Waals surface area contributed by atoms with Crippen LogP contribution in [0.1, 0.15) is 11.1 Å². The number of nitro benzene ring substituents is 1. The lowest BCUT2D eigenvalue weighted by atomic mass is 10.2. The van der Waals surface area contributed by atoms with Crippen LogP contribution in [0.25, 0.3) is 0 Å². The number of nitro groups is 1. The fourth-order valence-electron chi connectivity index (χ4n) is 2.62. The first-order chi connectivity index (χ1) is 15.4. The molecule has 174 valence electrons. The van der Waals surface area contributed by atoms with E-state index in [2.05, 4.69) is 5.43 Å². The fourth-order valence-corrected chi connectivity index (χ4v) is 3.70. The summed E-state index contributed by atoms with van der Waals surface area (Å²) in [5.41, 5.74) is 1.39. The number of hydrogen-bond acceptors (Lipinski definition) is 6. The van der Waals surface area contributed by atoms with E-state index in [1.165, 1.54) is 18.2 Å². The van der Waals surface area contributed by atoms with Crippen molar-refractivity contribution in [3.63, 3.8) is 0 Å². The van der Waals surface area contributed by atoms with Gasteiger partial charge in [-0.05, 0) is 43.3 Å². The SMILES string of the molecule is Cc1ccc(S(=O)(=O)NNc2cc(Oc3ccc(C(F)(F)F)cc3Cl)ccc2[N+](=O)[O-])cc1. The molecule has 3 aromatic carbocycles. The molecule has 0 radical (unpaired) electrons. The van der Waals surface area contributed by atoms with Crippen molar-refractivity contribution in [3.05, 3.63) is 86.9 Å². The number of hydrazine groups is 1. The maximum Gasteiger partial charge on any atom is 0.416 e. The van der Waals surface area contributed by atoms with Gasteiger partial charge in [-0.2, -0.15) is 13.2 Å². The minimum atomic E-state index is -4.60. The van der Waals surface area contributed by atoms with Crippen LogP contribution in [0.5, 0.6) is 11.5 Å². The number of ether oxygens (including phenoxy) is 1. The molecule has 0 saturated carbocycles. The number of rotatable bonds is 7. The number of nitrogens with one attached hydrogen (secondary N) is 2. The molecule has 2 N–H and O–H groups in total. The van der Waals surface area contributed by atoms with Crippen LogP contribution in [0.3, 0.4) is 0 Å². The molecule has 0 saturated heterocycles. The lowest BCUT2D eigenvalue weighted by Crippen LogP contribution is -2.29. The average molecular weight is 502 g/mol. The first-order valence-corrected chi connectivity index (χ1v) is 10.9. The van der Waals surface area contributed by atoms with Crippen LogP contribution < -0.4 is 15.0 Å². The highest BCUT2D eigenvalue weighted by atomic mass is 35.5. The van der Waals surface area contributed by atoms with Crippen LogP contribution in [-0.2, 0) is 16.2 Å². The van der Waals surface area contributed by atoms with Gasteiger partial charge in [-0.25, -0.2) is 8.42 Å². The molecule has 0 unspecified atom stereocenters. The molecular formula is C20H15ClF3N3O5S. The number of anilines is 1. The molecule has 0 amide bonds. The van der Waals surface area contributed by atoms with E-state index in [0.717, 1.165) is 29.8 Å². The van der Waals surface area contributed by atoms with Gasteiger partial charge in [0.15, 0.2) is 0 Å². The van der Waals surface area contributed by atoms with E-state index in [1.807, 2.05) is 4.83 Å². The number of alkyl halides is 3. The average Bonchev–Trinajstić information content (AvgIpc) is 2.73. The quantitative estimate of drug-likeness (QED) is 0.318. The molecule has 0 aliphatic carbocycles. The zero-order chi connectivity index (χ0) is 24.4. The van der Waals surface area contributed by atoms with Gasteiger partial charge < -0.3 is 10.2 Å². The van der Waals surface area contributed by atoms with Crippen molar-refractivity contribution in [1.82, 2.24) is 4.83 Å². The second kappa shape index (κ2) is 9.25. The highest BCUT2D eigenvalue weighted by Gasteiger charge is 2.31. The van der Waals surface area contributed by atoms with E-state index in [-0.39, 0.29) is 27.1 Å². The van der Waals surface area contributed by atoms with E-state index in [4.69, 9.17) is 16.3 Å². The Bertz CT molecular complexity index is 1300. The molecule has 8 nitrogen and oxygen atoms in total. The van der Waals surface area contributed by atoms with Crippen LogP contribution in [0.2, 0.25) is 5.02 Å². The van der Waals surface area contributed by atoms with Gasteiger partial charge >= 0.3 is 6.18 Å². The normalized spacial score (nSPS) is 11.8. The van der Waals surface area contributed by atoms with Gasteiger partial charge in [-0.15, -0.1) is 4.83 Å². The van der Waals surface area contributed by atoms with Crippen molar-refractivity contribution in [2.45, 2.75) is 18.0 Å². The number of hydrogen-bond donors (Lipinski definition) is 2. The number of halogens is 4. The van der Waals surface area contributed by atoms with E-state index < -0.39 is 32.4 Å². The van der Waals surface area contributed by atoms with Crippen LogP contribution >= 0.6 is 11.6 Å². The number of aryl methyl sites for hydroxylation is 1. The van der Waals surface area contributed by atoms with Crippen LogP contribution in [0.4, 0.5) is 24.5 Å². The minimum Gasteiger partial charge on any atom is -0.456 e.